The monoisotopic (exact) mass is 218 g/mol. The minimum absolute atomic E-state index is 0.755. The molecule has 0 radical (unpaired) electrons. The lowest BCUT2D eigenvalue weighted by molar-refractivity contribution is 0.415. The molecule has 0 heterocycles. The third kappa shape index (κ3) is 2.13. The van der Waals surface area contributed by atoms with Gasteiger partial charge in [0.2, 0.25) is 0 Å². The third-order valence-corrected chi connectivity index (χ3v) is 2.58. The van der Waals surface area contributed by atoms with E-state index < -0.39 is 0 Å². The van der Waals surface area contributed by atoms with Crippen LogP contribution in [-0.2, 0) is 0 Å². The molecule has 0 saturated carbocycles. The second-order valence-electron chi connectivity index (χ2n) is 3.21. The molecule has 15 heavy (non-hydrogen) atoms. The predicted molar refractivity (Wildman–Crippen MR) is 63.4 cm³/mol. The van der Waals surface area contributed by atoms with Crippen molar-refractivity contribution in [1.29, 1.82) is 0 Å². The lowest BCUT2D eigenvalue weighted by atomic mass is 10.1. The summed E-state index contributed by atoms with van der Waals surface area (Å²) in [5.41, 5.74) is 2.10. The van der Waals surface area contributed by atoms with Crippen molar-refractivity contribution in [2.45, 2.75) is 0 Å². The molecule has 0 unspecified atom stereocenters. The summed E-state index contributed by atoms with van der Waals surface area (Å²) in [7, 11) is 1.66. The van der Waals surface area contributed by atoms with Crippen LogP contribution < -0.4 is 4.74 Å². The van der Waals surface area contributed by atoms with E-state index in [9.17, 15) is 0 Å². The molecular weight excluding hydrogens is 208 g/mol. The van der Waals surface area contributed by atoms with Crippen molar-refractivity contribution in [2.24, 2.45) is 0 Å². The maximum Gasteiger partial charge on any atom is 0.119 e. The maximum absolute atomic E-state index is 6.11. The van der Waals surface area contributed by atoms with Crippen LogP contribution in [0.5, 0.6) is 5.75 Å². The summed E-state index contributed by atoms with van der Waals surface area (Å²) in [5, 5.41) is 0.755. The number of ether oxygens (including phenoxy) is 1. The minimum Gasteiger partial charge on any atom is -0.497 e. The van der Waals surface area contributed by atoms with Gasteiger partial charge in [-0.05, 0) is 23.8 Å². The van der Waals surface area contributed by atoms with Gasteiger partial charge in [0.05, 0.1) is 7.11 Å². The highest BCUT2D eigenvalue weighted by molar-refractivity contribution is 6.33. The number of methoxy groups -OCH3 is 1. The third-order valence-electron chi connectivity index (χ3n) is 2.25. The van der Waals surface area contributed by atoms with Gasteiger partial charge >= 0.3 is 0 Å². The highest BCUT2D eigenvalue weighted by Gasteiger charge is 2.02. The van der Waals surface area contributed by atoms with E-state index in [0.29, 0.717) is 0 Å². The molecule has 0 fully saturated rings. The summed E-state index contributed by atoms with van der Waals surface area (Å²) in [6, 6.07) is 15.6. The molecule has 0 saturated heterocycles. The summed E-state index contributed by atoms with van der Waals surface area (Å²) in [4.78, 5) is 0. The first-order valence-corrected chi connectivity index (χ1v) is 5.08. The molecule has 0 atom stereocenters. The van der Waals surface area contributed by atoms with E-state index in [4.69, 9.17) is 16.3 Å². The molecule has 0 aliphatic carbocycles. The van der Waals surface area contributed by atoms with Gasteiger partial charge in [0.25, 0.3) is 0 Å². The summed E-state index contributed by atoms with van der Waals surface area (Å²) in [5.74, 6) is 0.840. The van der Waals surface area contributed by atoms with Crippen molar-refractivity contribution in [1.82, 2.24) is 0 Å². The van der Waals surface area contributed by atoms with Crippen molar-refractivity contribution >= 4 is 11.6 Å². The molecule has 0 aliphatic rings. The van der Waals surface area contributed by atoms with Gasteiger partial charge in [0.15, 0.2) is 0 Å². The van der Waals surface area contributed by atoms with Crippen LogP contribution in [0.1, 0.15) is 0 Å². The first kappa shape index (κ1) is 10.1. The molecule has 1 nitrogen and oxygen atoms in total. The molecule has 0 amide bonds. The second kappa shape index (κ2) is 4.37. The highest BCUT2D eigenvalue weighted by Crippen LogP contribution is 2.29. The van der Waals surface area contributed by atoms with Crippen molar-refractivity contribution in [3.05, 3.63) is 53.6 Å². The fraction of sp³-hybridized carbons (Fsp3) is 0.0769. The summed E-state index contributed by atoms with van der Waals surface area (Å²) in [6.45, 7) is 0. The van der Waals surface area contributed by atoms with E-state index in [0.717, 1.165) is 21.9 Å². The van der Waals surface area contributed by atoms with Gasteiger partial charge in [0, 0.05) is 10.6 Å². The summed E-state index contributed by atoms with van der Waals surface area (Å²) in [6.07, 6.45) is 0. The molecule has 0 bridgehead atoms. The van der Waals surface area contributed by atoms with Gasteiger partial charge in [-0.15, -0.1) is 0 Å². The zero-order valence-corrected chi connectivity index (χ0v) is 9.16. The van der Waals surface area contributed by atoms with Crippen LogP contribution in [0.15, 0.2) is 48.5 Å². The van der Waals surface area contributed by atoms with Gasteiger partial charge in [-0.2, -0.15) is 0 Å². The Morgan fingerprint density at radius 1 is 1.00 bits per heavy atom. The van der Waals surface area contributed by atoms with Crippen LogP contribution in [0.4, 0.5) is 0 Å². The predicted octanol–water partition coefficient (Wildman–Crippen LogP) is 4.02. The summed E-state index contributed by atoms with van der Waals surface area (Å²) >= 11 is 6.11. The van der Waals surface area contributed by atoms with Crippen LogP contribution in [0.25, 0.3) is 11.1 Å². The molecule has 2 heteroatoms. The topological polar surface area (TPSA) is 9.23 Å². The van der Waals surface area contributed by atoms with Crippen LogP contribution in [0, 0.1) is 0 Å². The zero-order valence-electron chi connectivity index (χ0n) is 8.41. The van der Waals surface area contributed by atoms with Crippen LogP contribution >= 0.6 is 11.6 Å². The highest BCUT2D eigenvalue weighted by atomic mass is 35.5. The van der Waals surface area contributed by atoms with E-state index in [1.165, 1.54) is 0 Å². The molecule has 2 aromatic carbocycles. The second-order valence-corrected chi connectivity index (χ2v) is 3.62. The van der Waals surface area contributed by atoms with Crippen molar-refractivity contribution in [3.8, 4) is 16.9 Å². The Bertz CT molecular complexity index is 466. The number of halogens is 1. The fourth-order valence-electron chi connectivity index (χ4n) is 1.49. The Morgan fingerprint density at radius 2 is 1.80 bits per heavy atom. The molecule has 0 aliphatic heterocycles. The molecule has 2 aromatic rings. The number of benzene rings is 2. The van der Waals surface area contributed by atoms with Crippen molar-refractivity contribution in [2.75, 3.05) is 7.11 Å². The van der Waals surface area contributed by atoms with E-state index >= 15 is 0 Å². The van der Waals surface area contributed by atoms with Crippen molar-refractivity contribution < 1.29 is 4.74 Å². The Balaban J connectivity index is 2.49. The number of rotatable bonds is 2. The first-order valence-electron chi connectivity index (χ1n) is 4.70. The Hall–Kier alpha value is -1.47. The standard InChI is InChI=1S/C13H11ClO/c1-15-11-6-4-5-10(9-11)12-7-2-3-8-13(12)14/h2-9H,1H3. The summed E-state index contributed by atoms with van der Waals surface area (Å²) < 4.78 is 5.17. The Morgan fingerprint density at radius 3 is 2.53 bits per heavy atom. The van der Waals surface area contributed by atoms with Crippen LogP contribution in [-0.4, -0.2) is 7.11 Å². The van der Waals surface area contributed by atoms with Gasteiger partial charge in [-0.1, -0.05) is 41.9 Å². The lowest BCUT2D eigenvalue weighted by Gasteiger charge is -2.06. The van der Waals surface area contributed by atoms with Gasteiger partial charge in [-0.3, -0.25) is 0 Å². The Labute approximate surface area is 94.3 Å². The van der Waals surface area contributed by atoms with Crippen LogP contribution in [0.2, 0.25) is 5.02 Å². The molecule has 0 spiro atoms. The molecule has 0 N–H and O–H groups in total. The normalized spacial score (nSPS) is 10.0. The van der Waals surface area contributed by atoms with E-state index in [1.54, 1.807) is 7.11 Å². The Kier molecular flexibility index (Phi) is 2.93. The van der Waals surface area contributed by atoms with Gasteiger partial charge < -0.3 is 4.74 Å². The lowest BCUT2D eigenvalue weighted by Crippen LogP contribution is -1.84. The number of hydrogen-bond acceptors (Lipinski definition) is 1. The van der Waals surface area contributed by atoms with Gasteiger partial charge in [-0.25, -0.2) is 0 Å². The van der Waals surface area contributed by atoms with Gasteiger partial charge in [0.1, 0.15) is 5.75 Å². The molecule has 2 rings (SSSR count). The smallest absolute Gasteiger partial charge is 0.119 e. The average molecular weight is 219 g/mol. The molecule has 0 aromatic heterocycles. The zero-order chi connectivity index (χ0) is 10.7. The number of hydrogen-bond donors (Lipinski definition) is 0. The van der Waals surface area contributed by atoms with E-state index in [1.807, 2.05) is 48.5 Å². The minimum atomic E-state index is 0.755. The van der Waals surface area contributed by atoms with E-state index in [2.05, 4.69) is 0 Å². The molecule has 76 valence electrons. The quantitative estimate of drug-likeness (QED) is 0.740. The largest absolute Gasteiger partial charge is 0.497 e. The van der Waals surface area contributed by atoms with E-state index in [-0.39, 0.29) is 0 Å². The van der Waals surface area contributed by atoms with Crippen LogP contribution in [0.3, 0.4) is 0 Å². The molecular formula is C13H11ClO. The fourth-order valence-corrected chi connectivity index (χ4v) is 1.73. The van der Waals surface area contributed by atoms with Crippen molar-refractivity contribution in [3.63, 3.8) is 0 Å². The SMILES string of the molecule is COc1cccc(-c2ccccc2Cl)c1. The maximum atomic E-state index is 6.11. The first-order chi connectivity index (χ1) is 7.31. The average Bonchev–Trinajstić information content (AvgIpc) is 2.30.